The van der Waals surface area contributed by atoms with Gasteiger partial charge in [-0.1, -0.05) is 48.5 Å². The van der Waals surface area contributed by atoms with E-state index >= 15 is 0 Å². The highest BCUT2D eigenvalue weighted by Crippen LogP contribution is 2.30. The maximum absolute atomic E-state index is 12.2. The fraction of sp³-hybridized carbons (Fsp3) is 0.0870. The van der Waals surface area contributed by atoms with E-state index in [0.29, 0.717) is 0 Å². The monoisotopic (exact) mass is 340 g/mol. The standard InChI is InChI=1S/C23H20N2O/c1-2-25-21-11-7-6-10-19(21)20-16-18(13-14-22(20)25)24-23(26)15-12-17-8-4-3-5-9-17/h3-16H,2H2,1H3,(H,24,26)/b15-12-. The van der Waals surface area contributed by atoms with Crippen molar-refractivity contribution in [2.24, 2.45) is 0 Å². The van der Waals surface area contributed by atoms with Gasteiger partial charge < -0.3 is 9.88 Å². The van der Waals surface area contributed by atoms with Crippen LogP contribution in [0.2, 0.25) is 0 Å². The zero-order chi connectivity index (χ0) is 17.9. The Balaban J connectivity index is 1.64. The van der Waals surface area contributed by atoms with Gasteiger partial charge in [-0.05, 0) is 42.8 Å². The van der Waals surface area contributed by atoms with Crippen molar-refractivity contribution in [2.75, 3.05) is 5.32 Å². The van der Waals surface area contributed by atoms with E-state index in [-0.39, 0.29) is 5.91 Å². The van der Waals surface area contributed by atoms with Gasteiger partial charge in [-0.2, -0.15) is 0 Å². The smallest absolute Gasteiger partial charge is 0.248 e. The number of rotatable bonds is 4. The third-order valence-corrected chi connectivity index (χ3v) is 4.58. The summed E-state index contributed by atoms with van der Waals surface area (Å²) in [6, 6.07) is 24.3. The molecule has 0 spiro atoms. The normalized spacial score (nSPS) is 11.4. The molecule has 4 aromatic rings. The Morgan fingerprint density at radius 3 is 2.46 bits per heavy atom. The largest absolute Gasteiger partial charge is 0.341 e. The Morgan fingerprint density at radius 2 is 1.65 bits per heavy atom. The number of aromatic nitrogens is 1. The number of hydrogen-bond donors (Lipinski definition) is 1. The Kier molecular flexibility index (Phi) is 4.28. The number of carbonyl (C=O) groups is 1. The highest BCUT2D eigenvalue weighted by molar-refractivity contribution is 6.10. The Labute approximate surface area is 152 Å². The Morgan fingerprint density at radius 1 is 0.923 bits per heavy atom. The van der Waals surface area contributed by atoms with Gasteiger partial charge in [-0.25, -0.2) is 0 Å². The quantitative estimate of drug-likeness (QED) is 0.491. The minimum absolute atomic E-state index is 0.132. The second-order valence-electron chi connectivity index (χ2n) is 6.23. The number of para-hydroxylation sites is 1. The van der Waals surface area contributed by atoms with E-state index in [2.05, 4.69) is 53.2 Å². The summed E-state index contributed by atoms with van der Waals surface area (Å²) in [5.41, 5.74) is 4.22. The summed E-state index contributed by atoms with van der Waals surface area (Å²) in [4.78, 5) is 12.2. The number of anilines is 1. The molecule has 0 bridgehead atoms. The summed E-state index contributed by atoms with van der Waals surface area (Å²) in [7, 11) is 0. The predicted molar refractivity (Wildman–Crippen MR) is 109 cm³/mol. The lowest BCUT2D eigenvalue weighted by Crippen LogP contribution is -2.07. The van der Waals surface area contributed by atoms with E-state index < -0.39 is 0 Å². The summed E-state index contributed by atoms with van der Waals surface area (Å²) >= 11 is 0. The molecule has 128 valence electrons. The Bertz CT molecular complexity index is 1110. The van der Waals surface area contributed by atoms with Gasteiger partial charge in [0.15, 0.2) is 0 Å². The lowest BCUT2D eigenvalue weighted by atomic mass is 10.1. The first kappa shape index (κ1) is 16.2. The molecule has 0 aliphatic heterocycles. The summed E-state index contributed by atoms with van der Waals surface area (Å²) < 4.78 is 2.30. The molecule has 1 amide bonds. The predicted octanol–water partition coefficient (Wildman–Crippen LogP) is 5.47. The molecule has 0 aliphatic carbocycles. The van der Waals surface area contributed by atoms with Crippen molar-refractivity contribution in [1.29, 1.82) is 0 Å². The molecule has 0 atom stereocenters. The molecule has 26 heavy (non-hydrogen) atoms. The molecule has 3 aromatic carbocycles. The average molecular weight is 340 g/mol. The highest BCUT2D eigenvalue weighted by Gasteiger charge is 2.10. The molecule has 1 N–H and O–H groups in total. The third kappa shape index (κ3) is 3.00. The van der Waals surface area contributed by atoms with Gasteiger partial charge in [0.25, 0.3) is 0 Å². The van der Waals surface area contributed by atoms with Crippen LogP contribution in [0.25, 0.3) is 27.9 Å². The highest BCUT2D eigenvalue weighted by atomic mass is 16.1. The molecule has 4 rings (SSSR count). The van der Waals surface area contributed by atoms with Crippen LogP contribution in [-0.2, 0) is 11.3 Å². The fourth-order valence-corrected chi connectivity index (χ4v) is 3.39. The lowest BCUT2D eigenvalue weighted by molar-refractivity contribution is -0.111. The fourth-order valence-electron chi connectivity index (χ4n) is 3.39. The first-order valence-corrected chi connectivity index (χ1v) is 8.81. The van der Waals surface area contributed by atoms with Crippen LogP contribution in [-0.4, -0.2) is 10.5 Å². The van der Waals surface area contributed by atoms with E-state index in [9.17, 15) is 4.79 Å². The molecule has 3 nitrogen and oxygen atoms in total. The molecule has 1 heterocycles. The molecular formula is C23H20N2O. The molecule has 0 aliphatic rings. The molecule has 0 unspecified atom stereocenters. The van der Waals surface area contributed by atoms with Crippen LogP contribution in [0.15, 0.2) is 78.9 Å². The Hall–Kier alpha value is -3.33. The zero-order valence-corrected chi connectivity index (χ0v) is 14.6. The lowest BCUT2D eigenvalue weighted by Gasteiger charge is -2.05. The number of aryl methyl sites for hydroxylation is 1. The van der Waals surface area contributed by atoms with Crippen molar-refractivity contribution in [1.82, 2.24) is 4.57 Å². The summed E-state index contributed by atoms with van der Waals surface area (Å²) in [6.07, 6.45) is 3.38. The second kappa shape index (κ2) is 6.89. The van der Waals surface area contributed by atoms with E-state index in [0.717, 1.165) is 23.2 Å². The van der Waals surface area contributed by atoms with Gasteiger partial charge in [0.1, 0.15) is 0 Å². The van der Waals surface area contributed by atoms with E-state index in [1.807, 2.05) is 42.5 Å². The SMILES string of the molecule is CCn1c2ccccc2c2cc(NC(=O)/C=C\c3ccccc3)ccc21. The van der Waals surface area contributed by atoms with Gasteiger partial charge in [0, 0.05) is 40.1 Å². The minimum atomic E-state index is -0.132. The van der Waals surface area contributed by atoms with Crippen LogP contribution in [0.5, 0.6) is 0 Å². The van der Waals surface area contributed by atoms with Gasteiger partial charge in [-0.15, -0.1) is 0 Å². The number of benzene rings is 3. The number of carbonyl (C=O) groups excluding carboxylic acids is 1. The van der Waals surface area contributed by atoms with Crippen LogP contribution in [0.3, 0.4) is 0 Å². The van der Waals surface area contributed by atoms with Crippen LogP contribution < -0.4 is 5.32 Å². The van der Waals surface area contributed by atoms with E-state index in [1.165, 1.54) is 16.4 Å². The first-order valence-electron chi connectivity index (χ1n) is 8.81. The number of nitrogens with one attached hydrogen (secondary N) is 1. The first-order chi connectivity index (χ1) is 12.8. The van der Waals surface area contributed by atoms with Gasteiger partial charge in [0.05, 0.1) is 0 Å². The van der Waals surface area contributed by atoms with Crippen LogP contribution >= 0.6 is 0 Å². The summed E-state index contributed by atoms with van der Waals surface area (Å²) in [5, 5.41) is 5.33. The zero-order valence-electron chi connectivity index (χ0n) is 14.6. The van der Waals surface area contributed by atoms with Gasteiger partial charge in [-0.3, -0.25) is 4.79 Å². The second-order valence-corrected chi connectivity index (χ2v) is 6.23. The molecule has 3 heteroatoms. The summed E-state index contributed by atoms with van der Waals surface area (Å²) in [6.45, 7) is 3.06. The van der Waals surface area contributed by atoms with Crippen molar-refractivity contribution in [2.45, 2.75) is 13.5 Å². The summed E-state index contributed by atoms with van der Waals surface area (Å²) in [5.74, 6) is -0.132. The van der Waals surface area contributed by atoms with Gasteiger partial charge >= 0.3 is 0 Å². The van der Waals surface area contributed by atoms with Crippen molar-refractivity contribution < 1.29 is 4.79 Å². The number of amides is 1. The molecule has 1 aromatic heterocycles. The van der Waals surface area contributed by atoms with Crippen LogP contribution in [0, 0.1) is 0 Å². The number of nitrogens with zero attached hydrogens (tertiary/aromatic N) is 1. The van der Waals surface area contributed by atoms with E-state index in [4.69, 9.17) is 0 Å². The maximum atomic E-state index is 12.2. The third-order valence-electron chi connectivity index (χ3n) is 4.58. The molecule has 0 radical (unpaired) electrons. The van der Waals surface area contributed by atoms with Crippen molar-refractivity contribution >= 4 is 39.5 Å². The van der Waals surface area contributed by atoms with Crippen LogP contribution in [0.4, 0.5) is 5.69 Å². The minimum Gasteiger partial charge on any atom is -0.341 e. The van der Waals surface area contributed by atoms with Crippen molar-refractivity contribution in [3.63, 3.8) is 0 Å². The molecular weight excluding hydrogens is 320 g/mol. The topological polar surface area (TPSA) is 34.0 Å². The average Bonchev–Trinajstić information content (AvgIpc) is 3.00. The van der Waals surface area contributed by atoms with E-state index in [1.54, 1.807) is 6.08 Å². The van der Waals surface area contributed by atoms with Gasteiger partial charge in [0.2, 0.25) is 5.91 Å². The number of fused-ring (bicyclic) bond motifs is 3. The van der Waals surface area contributed by atoms with Crippen molar-refractivity contribution in [3.8, 4) is 0 Å². The van der Waals surface area contributed by atoms with Crippen LogP contribution in [0.1, 0.15) is 12.5 Å². The number of hydrogen-bond acceptors (Lipinski definition) is 1. The molecule has 0 saturated carbocycles. The maximum Gasteiger partial charge on any atom is 0.248 e. The van der Waals surface area contributed by atoms with Crippen molar-refractivity contribution in [3.05, 3.63) is 84.4 Å². The molecule has 0 saturated heterocycles. The molecule has 0 fully saturated rings.